The van der Waals surface area contributed by atoms with Crippen molar-refractivity contribution in [2.75, 3.05) is 0 Å². The van der Waals surface area contributed by atoms with Crippen LogP contribution in [0.15, 0.2) is 34.9 Å². The van der Waals surface area contributed by atoms with Gasteiger partial charge in [-0.3, -0.25) is 0 Å². The average molecular weight is 241 g/mol. The highest BCUT2D eigenvalue weighted by Gasteiger charge is 2.15. The van der Waals surface area contributed by atoms with Crippen LogP contribution in [-0.4, -0.2) is 14.5 Å². The van der Waals surface area contributed by atoms with E-state index in [1.165, 1.54) is 0 Å². The maximum absolute atomic E-state index is 5.67. The molecule has 0 unspecified atom stereocenters. The normalized spacial score (nSPS) is 11.2. The van der Waals surface area contributed by atoms with Gasteiger partial charge in [-0.25, -0.2) is 9.97 Å². The molecule has 4 heteroatoms. The molecule has 18 heavy (non-hydrogen) atoms. The van der Waals surface area contributed by atoms with E-state index < -0.39 is 0 Å². The predicted molar refractivity (Wildman–Crippen MR) is 70.3 cm³/mol. The molecule has 3 heterocycles. The minimum Gasteiger partial charge on any atom is -0.458 e. The molecule has 0 saturated heterocycles. The van der Waals surface area contributed by atoms with Gasteiger partial charge in [0.1, 0.15) is 11.3 Å². The van der Waals surface area contributed by atoms with Crippen LogP contribution in [0.25, 0.3) is 22.7 Å². The highest BCUT2D eigenvalue weighted by atomic mass is 16.3. The molecule has 0 spiro atoms. The maximum atomic E-state index is 5.67. The van der Waals surface area contributed by atoms with Gasteiger partial charge in [-0.15, -0.1) is 0 Å². The average Bonchev–Trinajstić information content (AvgIpc) is 2.95. The van der Waals surface area contributed by atoms with Gasteiger partial charge in [0.05, 0.1) is 0 Å². The van der Waals surface area contributed by atoms with Crippen molar-refractivity contribution in [2.45, 2.75) is 26.8 Å². The summed E-state index contributed by atoms with van der Waals surface area (Å²) in [6.07, 6.45) is 2.84. The minimum absolute atomic E-state index is 0.805. The number of pyridine rings is 1. The third-order valence-corrected chi connectivity index (χ3v) is 2.91. The molecule has 0 aliphatic heterocycles. The number of aryl methyl sites for hydroxylation is 2. The first-order valence-corrected chi connectivity index (χ1v) is 6.17. The summed E-state index contributed by atoms with van der Waals surface area (Å²) >= 11 is 0. The van der Waals surface area contributed by atoms with Gasteiger partial charge in [0.25, 0.3) is 0 Å². The van der Waals surface area contributed by atoms with Crippen LogP contribution >= 0.6 is 0 Å². The molecule has 3 aromatic heterocycles. The Morgan fingerprint density at radius 3 is 2.89 bits per heavy atom. The van der Waals surface area contributed by atoms with Crippen LogP contribution in [0.2, 0.25) is 0 Å². The van der Waals surface area contributed by atoms with Gasteiger partial charge in [0, 0.05) is 12.7 Å². The van der Waals surface area contributed by atoms with Crippen LogP contribution in [0.3, 0.4) is 0 Å². The Morgan fingerprint density at radius 2 is 2.17 bits per heavy atom. The molecule has 0 aromatic carbocycles. The smallest absolute Gasteiger partial charge is 0.178 e. The molecule has 3 rings (SSSR count). The topological polar surface area (TPSA) is 43.9 Å². The fraction of sp³-hybridized carbons (Fsp3) is 0.286. The van der Waals surface area contributed by atoms with Crippen molar-refractivity contribution >= 4 is 11.2 Å². The van der Waals surface area contributed by atoms with E-state index in [4.69, 9.17) is 4.42 Å². The van der Waals surface area contributed by atoms with Crippen LogP contribution in [0.4, 0.5) is 0 Å². The van der Waals surface area contributed by atoms with E-state index in [1.54, 1.807) is 6.20 Å². The summed E-state index contributed by atoms with van der Waals surface area (Å²) < 4.78 is 7.79. The molecule has 92 valence electrons. The number of fused-ring (bicyclic) bond motifs is 1. The van der Waals surface area contributed by atoms with E-state index in [0.29, 0.717) is 0 Å². The second kappa shape index (κ2) is 4.29. The lowest BCUT2D eigenvalue weighted by Gasteiger charge is -2.04. The molecular weight excluding hydrogens is 226 g/mol. The Balaban J connectivity index is 2.24. The first kappa shape index (κ1) is 11.0. The molecule has 0 aliphatic rings. The summed E-state index contributed by atoms with van der Waals surface area (Å²) in [5, 5.41) is 0. The van der Waals surface area contributed by atoms with Gasteiger partial charge < -0.3 is 8.98 Å². The maximum Gasteiger partial charge on any atom is 0.178 e. The summed E-state index contributed by atoms with van der Waals surface area (Å²) in [5.74, 6) is 2.56. The van der Waals surface area contributed by atoms with Crippen LogP contribution < -0.4 is 0 Å². The summed E-state index contributed by atoms with van der Waals surface area (Å²) in [5.41, 5.74) is 1.83. The first-order valence-electron chi connectivity index (χ1n) is 6.17. The van der Waals surface area contributed by atoms with E-state index in [1.807, 2.05) is 31.2 Å². The zero-order chi connectivity index (χ0) is 12.5. The largest absolute Gasteiger partial charge is 0.458 e. The third kappa shape index (κ3) is 1.70. The Morgan fingerprint density at radius 1 is 1.28 bits per heavy atom. The second-order valence-electron chi connectivity index (χ2n) is 4.34. The highest BCUT2D eigenvalue weighted by Crippen LogP contribution is 2.25. The molecule has 0 amide bonds. The van der Waals surface area contributed by atoms with E-state index in [0.717, 1.165) is 41.5 Å². The van der Waals surface area contributed by atoms with Crippen molar-refractivity contribution in [1.29, 1.82) is 0 Å². The third-order valence-electron chi connectivity index (χ3n) is 2.91. The lowest BCUT2D eigenvalue weighted by Crippen LogP contribution is -2.00. The number of furan rings is 1. The van der Waals surface area contributed by atoms with Crippen molar-refractivity contribution in [1.82, 2.24) is 14.5 Å². The number of hydrogen-bond donors (Lipinski definition) is 0. The zero-order valence-corrected chi connectivity index (χ0v) is 10.6. The Kier molecular flexibility index (Phi) is 2.63. The van der Waals surface area contributed by atoms with Crippen LogP contribution in [0.5, 0.6) is 0 Å². The summed E-state index contributed by atoms with van der Waals surface area (Å²) in [6, 6.07) is 7.80. The number of rotatable bonds is 3. The van der Waals surface area contributed by atoms with E-state index in [-0.39, 0.29) is 0 Å². The van der Waals surface area contributed by atoms with Crippen LogP contribution in [0.1, 0.15) is 19.1 Å². The van der Waals surface area contributed by atoms with Gasteiger partial charge in [-0.05, 0) is 37.6 Å². The predicted octanol–water partition coefficient (Wildman–Crippen LogP) is 3.41. The van der Waals surface area contributed by atoms with Crippen molar-refractivity contribution in [3.05, 3.63) is 36.2 Å². The highest BCUT2D eigenvalue weighted by molar-refractivity contribution is 5.75. The van der Waals surface area contributed by atoms with Gasteiger partial charge >= 0.3 is 0 Å². The number of aromatic nitrogens is 3. The molecular formula is C14H15N3O. The summed E-state index contributed by atoms with van der Waals surface area (Å²) in [7, 11) is 0. The fourth-order valence-corrected chi connectivity index (χ4v) is 2.14. The quantitative estimate of drug-likeness (QED) is 0.705. The van der Waals surface area contributed by atoms with Gasteiger partial charge in [0.2, 0.25) is 0 Å². The van der Waals surface area contributed by atoms with Crippen molar-refractivity contribution < 1.29 is 4.42 Å². The molecule has 0 radical (unpaired) electrons. The van der Waals surface area contributed by atoms with Gasteiger partial charge in [-0.2, -0.15) is 0 Å². The Labute approximate surface area is 105 Å². The van der Waals surface area contributed by atoms with E-state index >= 15 is 0 Å². The van der Waals surface area contributed by atoms with Crippen LogP contribution in [0, 0.1) is 6.92 Å². The van der Waals surface area contributed by atoms with Crippen molar-refractivity contribution in [3.63, 3.8) is 0 Å². The van der Waals surface area contributed by atoms with E-state index in [9.17, 15) is 0 Å². The lowest BCUT2D eigenvalue weighted by molar-refractivity contribution is 0.538. The fourth-order valence-electron chi connectivity index (χ4n) is 2.14. The van der Waals surface area contributed by atoms with E-state index in [2.05, 4.69) is 21.5 Å². The molecule has 0 saturated carbocycles. The minimum atomic E-state index is 0.805. The molecule has 0 fully saturated rings. The monoisotopic (exact) mass is 241 g/mol. The first-order chi connectivity index (χ1) is 8.79. The molecule has 0 N–H and O–H groups in total. The van der Waals surface area contributed by atoms with Crippen molar-refractivity contribution in [3.8, 4) is 11.6 Å². The summed E-state index contributed by atoms with van der Waals surface area (Å²) in [4.78, 5) is 9.03. The van der Waals surface area contributed by atoms with Crippen molar-refractivity contribution in [2.24, 2.45) is 0 Å². The number of imidazole rings is 1. The standard InChI is InChI=1S/C14H15N3O/c1-3-9-17-13-11(5-4-8-15-13)16-14(17)12-7-6-10(2)18-12/h4-8H,3,9H2,1-2H3. The Bertz CT molecular complexity index is 681. The van der Waals surface area contributed by atoms with Gasteiger partial charge in [0.15, 0.2) is 17.2 Å². The molecule has 4 nitrogen and oxygen atoms in total. The lowest BCUT2D eigenvalue weighted by atomic mass is 10.4. The number of nitrogens with zero attached hydrogens (tertiary/aromatic N) is 3. The molecule has 0 bridgehead atoms. The number of hydrogen-bond acceptors (Lipinski definition) is 3. The molecule has 0 atom stereocenters. The second-order valence-corrected chi connectivity index (χ2v) is 4.34. The zero-order valence-electron chi connectivity index (χ0n) is 10.6. The molecule has 3 aromatic rings. The van der Waals surface area contributed by atoms with Crippen LogP contribution in [-0.2, 0) is 6.54 Å². The SMILES string of the molecule is CCCn1c(-c2ccc(C)o2)nc2cccnc21. The Hall–Kier alpha value is -2.10. The summed E-state index contributed by atoms with van der Waals surface area (Å²) in [6.45, 7) is 4.98. The van der Waals surface area contributed by atoms with Gasteiger partial charge in [-0.1, -0.05) is 6.92 Å². The molecule has 0 aliphatic carbocycles.